The van der Waals surface area contributed by atoms with Gasteiger partial charge in [-0.3, -0.25) is 19.0 Å². The lowest BCUT2D eigenvalue weighted by molar-refractivity contribution is 0.0949. The highest BCUT2D eigenvalue weighted by molar-refractivity contribution is 5.94. The second-order valence-corrected chi connectivity index (χ2v) is 8.88. The fraction of sp³-hybridized carbons (Fsp3) is 0.423. The van der Waals surface area contributed by atoms with Crippen molar-refractivity contribution in [3.63, 3.8) is 0 Å². The van der Waals surface area contributed by atoms with E-state index in [1.165, 1.54) is 9.13 Å². The molecule has 8 nitrogen and oxygen atoms in total. The molecule has 34 heavy (non-hydrogen) atoms. The maximum absolute atomic E-state index is 12.8. The number of aromatic nitrogens is 2. The Bertz CT molecular complexity index is 1250. The first-order chi connectivity index (χ1) is 16.5. The van der Waals surface area contributed by atoms with Gasteiger partial charge >= 0.3 is 11.1 Å². The van der Waals surface area contributed by atoms with Crippen LogP contribution in [0.3, 0.4) is 0 Å². The minimum Gasteiger partial charge on any atom is -0.352 e. The third kappa shape index (κ3) is 5.29. The molecule has 1 N–H and O–H groups in total. The molecule has 1 amide bonds. The fourth-order valence-corrected chi connectivity index (χ4v) is 4.46. The molecule has 180 valence electrons. The number of nitrogens with one attached hydrogen (secondary N) is 1. The zero-order chi connectivity index (χ0) is 24.1. The van der Waals surface area contributed by atoms with Gasteiger partial charge in [0, 0.05) is 44.8 Å². The molecule has 0 spiro atoms. The van der Waals surface area contributed by atoms with E-state index in [0.717, 1.165) is 55.7 Å². The molecule has 1 fully saturated rings. The monoisotopic (exact) mass is 463 g/mol. The first kappa shape index (κ1) is 23.9. The number of benzene rings is 2. The van der Waals surface area contributed by atoms with Crippen molar-refractivity contribution < 1.29 is 4.79 Å². The van der Waals surface area contributed by atoms with E-state index in [0.29, 0.717) is 18.7 Å². The largest absolute Gasteiger partial charge is 0.352 e. The predicted molar refractivity (Wildman–Crippen MR) is 135 cm³/mol. The van der Waals surface area contributed by atoms with Crippen molar-refractivity contribution in [2.45, 2.75) is 26.4 Å². The van der Waals surface area contributed by atoms with Gasteiger partial charge in [-0.1, -0.05) is 24.3 Å². The maximum atomic E-state index is 12.8. The normalized spacial score (nSPS) is 15.0. The average molecular weight is 464 g/mol. The molecule has 2 heterocycles. The summed E-state index contributed by atoms with van der Waals surface area (Å²) in [5.74, 6) is -0.0990. The highest BCUT2D eigenvalue weighted by atomic mass is 16.2. The van der Waals surface area contributed by atoms with Crippen LogP contribution >= 0.6 is 0 Å². The Morgan fingerprint density at radius 2 is 1.50 bits per heavy atom. The number of amides is 1. The van der Waals surface area contributed by atoms with Crippen LogP contribution in [0.25, 0.3) is 11.0 Å². The van der Waals surface area contributed by atoms with Gasteiger partial charge < -0.3 is 19.7 Å². The zero-order valence-electron chi connectivity index (χ0n) is 20.0. The number of fused-ring (bicyclic) bond motifs is 1. The maximum Gasteiger partial charge on any atom is 0.317 e. The standard InChI is InChI=1S/C26H33N5O3/c1-3-30-22-7-4-5-8-23(22)31(26(34)25(30)33)19-20-9-11-21(12-10-20)24(32)27-13-6-14-29-17-15-28(2)16-18-29/h4-5,7-12H,3,6,13-19H2,1-2H3,(H,27,32). The number of aryl methyl sites for hydroxylation is 1. The van der Waals surface area contributed by atoms with Gasteiger partial charge in [-0.05, 0) is 56.8 Å². The molecule has 1 saturated heterocycles. The van der Waals surface area contributed by atoms with Crippen molar-refractivity contribution in [1.29, 1.82) is 0 Å². The SMILES string of the molecule is CCn1c(=O)c(=O)n(Cc2ccc(C(=O)NCCCN3CCN(C)CC3)cc2)c2ccccc21. The van der Waals surface area contributed by atoms with Crippen molar-refractivity contribution >= 4 is 16.9 Å². The Labute approximate surface area is 199 Å². The summed E-state index contributed by atoms with van der Waals surface area (Å²) in [6, 6.07) is 14.6. The highest BCUT2D eigenvalue weighted by Gasteiger charge is 2.14. The summed E-state index contributed by atoms with van der Waals surface area (Å²) in [5.41, 5.74) is 1.84. The van der Waals surface area contributed by atoms with Gasteiger partial charge in [0.15, 0.2) is 0 Å². The lowest BCUT2D eigenvalue weighted by atomic mass is 10.1. The van der Waals surface area contributed by atoms with Crippen LogP contribution in [0.5, 0.6) is 0 Å². The molecule has 2 aromatic carbocycles. The first-order valence-corrected chi connectivity index (χ1v) is 12.0. The van der Waals surface area contributed by atoms with Crippen LogP contribution in [0.15, 0.2) is 58.1 Å². The van der Waals surface area contributed by atoms with Crippen molar-refractivity contribution in [1.82, 2.24) is 24.3 Å². The van der Waals surface area contributed by atoms with E-state index < -0.39 is 11.1 Å². The van der Waals surface area contributed by atoms with Crippen LogP contribution < -0.4 is 16.4 Å². The van der Waals surface area contributed by atoms with E-state index in [1.807, 2.05) is 43.3 Å². The summed E-state index contributed by atoms with van der Waals surface area (Å²) in [6.07, 6.45) is 0.923. The summed E-state index contributed by atoms with van der Waals surface area (Å²) in [6.45, 7) is 8.55. The topological polar surface area (TPSA) is 79.6 Å². The molecule has 0 aliphatic carbocycles. The van der Waals surface area contributed by atoms with Crippen molar-refractivity contribution in [3.8, 4) is 0 Å². The van der Waals surface area contributed by atoms with Gasteiger partial charge in [0.2, 0.25) is 0 Å². The Hall–Kier alpha value is -3.23. The average Bonchev–Trinajstić information content (AvgIpc) is 2.86. The molecule has 3 aromatic rings. The van der Waals surface area contributed by atoms with Crippen LogP contribution in [0.1, 0.15) is 29.3 Å². The molecule has 1 aliphatic heterocycles. The summed E-state index contributed by atoms with van der Waals surface area (Å²) in [4.78, 5) is 42.6. The van der Waals surface area contributed by atoms with Crippen LogP contribution in [0.2, 0.25) is 0 Å². The minimum atomic E-state index is -0.539. The van der Waals surface area contributed by atoms with E-state index in [-0.39, 0.29) is 12.5 Å². The number of piperazine rings is 1. The third-order valence-corrected chi connectivity index (χ3v) is 6.54. The van der Waals surface area contributed by atoms with Gasteiger partial charge in [-0.15, -0.1) is 0 Å². The molecule has 0 unspecified atom stereocenters. The van der Waals surface area contributed by atoms with E-state index in [4.69, 9.17) is 0 Å². The number of hydrogen-bond acceptors (Lipinski definition) is 5. The molecule has 4 rings (SSSR count). The smallest absolute Gasteiger partial charge is 0.317 e. The Morgan fingerprint density at radius 3 is 2.15 bits per heavy atom. The summed E-state index contributed by atoms with van der Waals surface area (Å²) in [7, 11) is 2.14. The molecule has 0 atom stereocenters. The van der Waals surface area contributed by atoms with Crippen LogP contribution in [0.4, 0.5) is 0 Å². The molecular weight excluding hydrogens is 430 g/mol. The van der Waals surface area contributed by atoms with Gasteiger partial charge in [0.1, 0.15) is 0 Å². The third-order valence-electron chi connectivity index (χ3n) is 6.54. The Morgan fingerprint density at radius 1 is 0.882 bits per heavy atom. The van der Waals surface area contributed by atoms with Gasteiger partial charge in [0.05, 0.1) is 17.6 Å². The lowest BCUT2D eigenvalue weighted by Gasteiger charge is -2.32. The number of likely N-dealkylation sites (N-methyl/N-ethyl adjacent to an activating group) is 1. The Kier molecular flexibility index (Phi) is 7.59. The molecule has 1 aromatic heterocycles. The van der Waals surface area contributed by atoms with E-state index >= 15 is 0 Å². The van der Waals surface area contributed by atoms with Gasteiger partial charge in [-0.2, -0.15) is 0 Å². The Balaban J connectivity index is 1.38. The highest BCUT2D eigenvalue weighted by Crippen LogP contribution is 2.13. The quantitative estimate of drug-likeness (QED) is 0.406. The molecular formula is C26H33N5O3. The van der Waals surface area contributed by atoms with E-state index in [9.17, 15) is 14.4 Å². The molecule has 8 heteroatoms. The molecule has 0 bridgehead atoms. The second kappa shape index (κ2) is 10.8. The minimum absolute atomic E-state index is 0.0990. The van der Waals surface area contributed by atoms with Crippen LogP contribution in [-0.2, 0) is 13.1 Å². The molecule has 0 saturated carbocycles. The second-order valence-electron chi connectivity index (χ2n) is 8.88. The fourth-order valence-electron chi connectivity index (χ4n) is 4.46. The number of nitrogens with zero attached hydrogens (tertiary/aromatic N) is 4. The summed E-state index contributed by atoms with van der Waals surface area (Å²) >= 11 is 0. The van der Waals surface area contributed by atoms with Crippen LogP contribution in [-0.4, -0.2) is 71.2 Å². The summed E-state index contributed by atoms with van der Waals surface area (Å²) in [5, 5.41) is 2.99. The molecule has 1 aliphatic rings. The number of rotatable bonds is 8. The van der Waals surface area contributed by atoms with Crippen molar-refractivity contribution in [2.24, 2.45) is 0 Å². The first-order valence-electron chi connectivity index (χ1n) is 12.0. The van der Waals surface area contributed by atoms with E-state index in [2.05, 4.69) is 22.2 Å². The van der Waals surface area contributed by atoms with Gasteiger partial charge in [-0.25, -0.2) is 0 Å². The lowest BCUT2D eigenvalue weighted by Crippen LogP contribution is -2.45. The van der Waals surface area contributed by atoms with Gasteiger partial charge in [0.25, 0.3) is 5.91 Å². The number of carbonyl (C=O) groups excluding carboxylic acids is 1. The number of carbonyl (C=O) groups is 1. The summed E-state index contributed by atoms with van der Waals surface area (Å²) < 4.78 is 3.02. The van der Waals surface area contributed by atoms with Crippen LogP contribution in [0, 0.1) is 0 Å². The predicted octanol–water partition coefficient (Wildman–Crippen LogP) is 1.60. The van der Waals surface area contributed by atoms with Crippen molar-refractivity contribution in [2.75, 3.05) is 46.3 Å². The number of para-hydroxylation sites is 2. The zero-order valence-corrected chi connectivity index (χ0v) is 20.0. The van der Waals surface area contributed by atoms with E-state index in [1.54, 1.807) is 12.1 Å². The number of hydrogen-bond donors (Lipinski definition) is 1. The van der Waals surface area contributed by atoms with Crippen molar-refractivity contribution in [3.05, 3.63) is 80.4 Å². The molecule has 0 radical (unpaired) electrons.